The standard InChI is InChI=1S/C11H12N2S/c1-8(2)9-4-5-10(14-9)11-12-6-3-7-13-11/h3-8H,1-2H3. The number of thiophene rings is 1. The van der Waals surface area contributed by atoms with Gasteiger partial charge >= 0.3 is 0 Å². The molecule has 0 bridgehead atoms. The highest BCUT2D eigenvalue weighted by molar-refractivity contribution is 7.15. The second-order valence-electron chi connectivity index (χ2n) is 3.43. The van der Waals surface area contributed by atoms with Crippen molar-refractivity contribution in [3.05, 3.63) is 35.5 Å². The molecule has 0 saturated carbocycles. The molecule has 72 valence electrons. The average molecular weight is 204 g/mol. The Morgan fingerprint density at radius 2 is 1.86 bits per heavy atom. The third kappa shape index (κ3) is 1.82. The number of aromatic nitrogens is 2. The minimum absolute atomic E-state index is 0.581. The van der Waals surface area contributed by atoms with E-state index < -0.39 is 0 Å². The third-order valence-electron chi connectivity index (χ3n) is 1.98. The first-order chi connectivity index (χ1) is 6.77. The van der Waals surface area contributed by atoms with E-state index in [1.165, 1.54) is 4.88 Å². The van der Waals surface area contributed by atoms with Crippen LogP contribution in [0.4, 0.5) is 0 Å². The largest absolute Gasteiger partial charge is 0.236 e. The first-order valence-corrected chi connectivity index (χ1v) is 5.46. The molecule has 3 heteroatoms. The van der Waals surface area contributed by atoms with Crippen molar-refractivity contribution in [1.29, 1.82) is 0 Å². The molecule has 0 N–H and O–H groups in total. The maximum Gasteiger partial charge on any atom is 0.169 e. The Labute approximate surface area is 87.7 Å². The Morgan fingerprint density at radius 1 is 1.14 bits per heavy atom. The third-order valence-corrected chi connectivity index (χ3v) is 3.36. The fraction of sp³-hybridized carbons (Fsp3) is 0.273. The van der Waals surface area contributed by atoms with Gasteiger partial charge in [-0.3, -0.25) is 0 Å². The average Bonchev–Trinajstić information content (AvgIpc) is 2.68. The van der Waals surface area contributed by atoms with Crippen molar-refractivity contribution >= 4 is 11.3 Å². The molecule has 0 aliphatic heterocycles. The zero-order valence-electron chi connectivity index (χ0n) is 8.27. The quantitative estimate of drug-likeness (QED) is 0.750. The molecule has 2 aromatic heterocycles. The van der Waals surface area contributed by atoms with Gasteiger partial charge in [-0.2, -0.15) is 0 Å². The zero-order chi connectivity index (χ0) is 9.97. The molecule has 2 nitrogen and oxygen atoms in total. The lowest BCUT2D eigenvalue weighted by molar-refractivity contribution is 0.890. The zero-order valence-corrected chi connectivity index (χ0v) is 9.08. The van der Waals surface area contributed by atoms with Crippen molar-refractivity contribution in [2.45, 2.75) is 19.8 Å². The molecule has 0 amide bonds. The van der Waals surface area contributed by atoms with Crippen LogP contribution in [-0.4, -0.2) is 9.97 Å². The van der Waals surface area contributed by atoms with Crippen LogP contribution in [0, 0.1) is 0 Å². The van der Waals surface area contributed by atoms with Crippen LogP contribution in [0.2, 0.25) is 0 Å². The van der Waals surface area contributed by atoms with E-state index in [0.29, 0.717) is 5.92 Å². The number of hydrogen-bond acceptors (Lipinski definition) is 3. The van der Waals surface area contributed by atoms with Crippen molar-refractivity contribution < 1.29 is 0 Å². The predicted octanol–water partition coefficient (Wildman–Crippen LogP) is 3.33. The maximum atomic E-state index is 4.22. The second-order valence-corrected chi connectivity index (χ2v) is 4.54. The number of rotatable bonds is 2. The van der Waals surface area contributed by atoms with E-state index in [9.17, 15) is 0 Å². The topological polar surface area (TPSA) is 25.8 Å². The van der Waals surface area contributed by atoms with Crippen LogP contribution in [0.15, 0.2) is 30.6 Å². The summed E-state index contributed by atoms with van der Waals surface area (Å²) in [6.07, 6.45) is 3.55. The van der Waals surface area contributed by atoms with Gasteiger partial charge in [-0.1, -0.05) is 13.8 Å². The number of hydrogen-bond donors (Lipinski definition) is 0. The molecule has 14 heavy (non-hydrogen) atoms. The van der Waals surface area contributed by atoms with Gasteiger partial charge in [0.15, 0.2) is 5.82 Å². The Hall–Kier alpha value is -1.22. The van der Waals surface area contributed by atoms with Crippen LogP contribution in [0.5, 0.6) is 0 Å². The van der Waals surface area contributed by atoms with Crippen LogP contribution in [0.25, 0.3) is 10.7 Å². The summed E-state index contributed by atoms with van der Waals surface area (Å²) < 4.78 is 0. The first-order valence-electron chi connectivity index (χ1n) is 4.64. The predicted molar refractivity (Wildman–Crippen MR) is 59.4 cm³/mol. The van der Waals surface area contributed by atoms with Crippen molar-refractivity contribution in [1.82, 2.24) is 9.97 Å². The van der Waals surface area contributed by atoms with Gasteiger partial charge in [-0.05, 0) is 24.1 Å². The molecular formula is C11H12N2S. The molecule has 0 radical (unpaired) electrons. The van der Waals surface area contributed by atoms with Crippen molar-refractivity contribution in [3.8, 4) is 10.7 Å². The summed E-state index contributed by atoms with van der Waals surface area (Å²) >= 11 is 1.77. The van der Waals surface area contributed by atoms with Gasteiger partial charge in [-0.25, -0.2) is 9.97 Å². The van der Waals surface area contributed by atoms with Gasteiger partial charge in [0.25, 0.3) is 0 Å². The molecule has 0 aromatic carbocycles. The normalized spacial score (nSPS) is 10.8. The lowest BCUT2D eigenvalue weighted by Gasteiger charge is -1.97. The number of nitrogens with zero attached hydrogens (tertiary/aromatic N) is 2. The Kier molecular flexibility index (Phi) is 2.59. The maximum absolute atomic E-state index is 4.22. The lowest BCUT2D eigenvalue weighted by Crippen LogP contribution is -1.82. The fourth-order valence-electron chi connectivity index (χ4n) is 1.21. The monoisotopic (exact) mass is 204 g/mol. The molecular weight excluding hydrogens is 192 g/mol. The summed E-state index contributed by atoms with van der Waals surface area (Å²) in [6, 6.07) is 6.08. The summed E-state index contributed by atoms with van der Waals surface area (Å²) in [4.78, 5) is 11.0. The van der Waals surface area contributed by atoms with Crippen LogP contribution in [0.1, 0.15) is 24.6 Å². The van der Waals surface area contributed by atoms with Crippen molar-refractivity contribution in [2.75, 3.05) is 0 Å². The van der Waals surface area contributed by atoms with Crippen LogP contribution >= 0.6 is 11.3 Å². The van der Waals surface area contributed by atoms with E-state index in [1.807, 2.05) is 6.07 Å². The molecule has 0 atom stereocenters. The van der Waals surface area contributed by atoms with Gasteiger partial charge in [0.2, 0.25) is 0 Å². The SMILES string of the molecule is CC(C)c1ccc(-c2ncccn2)s1. The van der Waals surface area contributed by atoms with Crippen LogP contribution in [-0.2, 0) is 0 Å². The summed E-state index contributed by atoms with van der Waals surface area (Å²) in [7, 11) is 0. The summed E-state index contributed by atoms with van der Waals surface area (Å²) in [5, 5.41) is 0. The summed E-state index contributed by atoms with van der Waals surface area (Å²) in [5.74, 6) is 1.40. The molecule has 2 rings (SSSR count). The highest BCUT2D eigenvalue weighted by atomic mass is 32.1. The molecule has 0 spiro atoms. The van der Waals surface area contributed by atoms with Crippen molar-refractivity contribution in [2.24, 2.45) is 0 Å². The Bertz CT molecular complexity index is 406. The molecule has 2 heterocycles. The van der Waals surface area contributed by atoms with Gasteiger partial charge in [0.05, 0.1) is 4.88 Å². The van der Waals surface area contributed by atoms with Gasteiger partial charge in [0, 0.05) is 17.3 Å². The van der Waals surface area contributed by atoms with E-state index in [2.05, 4.69) is 35.9 Å². The van der Waals surface area contributed by atoms with Crippen molar-refractivity contribution in [3.63, 3.8) is 0 Å². The second kappa shape index (κ2) is 3.88. The Morgan fingerprint density at radius 3 is 2.43 bits per heavy atom. The molecule has 0 aliphatic rings. The lowest BCUT2D eigenvalue weighted by atomic mass is 10.2. The fourth-order valence-corrected chi connectivity index (χ4v) is 2.17. The first kappa shape index (κ1) is 9.34. The Balaban J connectivity index is 2.34. The van der Waals surface area contributed by atoms with Crippen LogP contribution < -0.4 is 0 Å². The van der Waals surface area contributed by atoms with Crippen LogP contribution in [0.3, 0.4) is 0 Å². The molecule has 0 aliphatic carbocycles. The van der Waals surface area contributed by atoms with E-state index in [0.717, 1.165) is 10.7 Å². The summed E-state index contributed by atoms with van der Waals surface area (Å²) in [5.41, 5.74) is 0. The van der Waals surface area contributed by atoms with E-state index in [-0.39, 0.29) is 0 Å². The van der Waals surface area contributed by atoms with Gasteiger partial charge < -0.3 is 0 Å². The highest BCUT2D eigenvalue weighted by Gasteiger charge is 2.06. The van der Waals surface area contributed by atoms with Gasteiger partial charge in [0.1, 0.15) is 0 Å². The smallest absolute Gasteiger partial charge is 0.169 e. The molecule has 0 fully saturated rings. The van der Waals surface area contributed by atoms with Gasteiger partial charge in [-0.15, -0.1) is 11.3 Å². The van der Waals surface area contributed by atoms with E-state index in [1.54, 1.807) is 23.7 Å². The molecule has 0 unspecified atom stereocenters. The van der Waals surface area contributed by atoms with E-state index >= 15 is 0 Å². The highest BCUT2D eigenvalue weighted by Crippen LogP contribution is 2.29. The van der Waals surface area contributed by atoms with E-state index in [4.69, 9.17) is 0 Å². The minimum Gasteiger partial charge on any atom is -0.236 e. The minimum atomic E-state index is 0.581. The summed E-state index contributed by atoms with van der Waals surface area (Å²) in [6.45, 7) is 4.39. The molecule has 2 aromatic rings. The molecule has 0 saturated heterocycles.